The number of H-pyrrole nitrogens is 1. The predicted molar refractivity (Wildman–Crippen MR) is 96.8 cm³/mol. The van der Waals surface area contributed by atoms with Crippen LogP contribution in [0.15, 0.2) is 53.6 Å². The molecule has 3 rings (SSSR count). The number of aromatic nitrogens is 1. The number of carboxylic acids is 1. The molecule has 0 amide bonds. The van der Waals surface area contributed by atoms with E-state index in [4.69, 9.17) is 0 Å². The third kappa shape index (κ3) is 3.85. The van der Waals surface area contributed by atoms with Crippen molar-refractivity contribution in [2.45, 2.75) is 17.4 Å². The SMILES string of the molecule is O=C(O)[C@H](Cc1c[nH]c2ccccc12)NS(=O)(=O)c1ccc(F)c([N+](=O)[O-])c1. The number of aromatic amines is 1. The average Bonchev–Trinajstić information content (AvgIpc) is 3.04. The molecule has 0 aliphatic carbocycles. The first-order valence-electron chi connectivity index (χ1n) is 7.93. The zero-order chi connectivity index (χ0) is 20.5. The number of carbonyl (C=O) groups is 1. The van der Waals surface area contributed by atoms with E-state index in [0.29, 0.717) is 17.7 Å². The third-order valence-electron chi connectivity index (χ3n) is 4.12. The Bertz CT molecular complexity index is 1170. The molecule has 0 fully saturated rings. The molecule has 11 heteroatoms. The van der Waals surface area contributed by atoms with Crippen LogP contribution >= 0.6 is 0 Å². The number of nitro benzene ring substituents is 1. The molecule has 0 saturated carbocycles. The van der Waals surface area contributed by atoms with Gasteiger partial charge in [-0.1, -0.05) is 18.2 Å². The van der Waals surface area contributed by atoms with Gasteiger partial charge in [0.05, 0.1) is 9.82 Å². The summed E-state index contributed by atoms with van der Waals surface area (Å²) >= 11 is 0. The maximum atomic E-state index is 13.4. The molecule has 0 radical (unpaired) electrons. The zero-order valence-corrected chi connectivity index (χ0v) is 14.9. The second kappa shape index (κ2) is 7.37. The lowest BCUT2D eigenvalue weighted by Crippen LogP contribution is -2.42. The molecule has 146 valence electrons. The average molecular weight is 407 g/mol. The van der Waals surface area contributed by atoms with Gasteiger partial charge in [-0.25, -0.2) is 8.42 Å². The summed E-state index contributed by atoms with van der Waals surface area (Å²) in [6.07, 6.45) is 1.42. The zero-order valence-electron chi connectivity index (χ0n) is 14.1. The molecule has 0 bridgehead atoms. The fraction of sp³-hybridized carbons (Fsp3) is 0.118. The van der Waals surface area contributed by atoms with Crippen LogP contribution in [0.5, 0.6) is 0 Å². The Kier molecular flexibility index (Phi) is 5.12. The van der Waals surface area contributed by atoms with E-state index in [9.17, 15) is 32.8 Å². The van der Waals surface area contributed by atoms with E-state index in [-0.39, 0.29) is 6.42 Å². The monoisotopic (exact) mass is 407 g/mol. The van der Waals surface area contributed by atoms with Gasteiger partial charge >= 0.3 is 11.7 Å². The first-order valence-corrected chi connectivity index (χ1v) is 9.41. The normalized spacial score (nSPS) is 12.8. The molecule has 0 aliphatic rings. The fourth-order valence-corrected chi connectivity index (χ4v) is 3.96. The molecule has 1 atom stereocenters. The van der Waals surface area contributed by atoms with E-state index in [2.05, 4.69) is 4.98 Å². The van der Waals surface area contributed by atoms with E-state index in [1.54, 1.807) is 30.5 Å². The molecule has 2 aromatic carbocycles. The van der Waals surface area contributed by atoms with Crippen LogP contribution in [0.25, 0.3) is 10.9 Å². The number of nitrogens with zero attached hydrogens (tertiary/aromatic N) is 1. The number of hydrogen-bond acceptors (Lipinski definition) is 5. The fourth-order valence-electron chi connectivity index (χ4n) is 2.75. The standard InChI is InChI=1S/C17H14FN3O6S/c18-13-6-5-11(8-16(13)21(24)25)28(26,27)20-15(17(22)23)7-10-9-19-14-4-2-1-3-12(10)14/h1-6,8-9,15,19-20H,7H2,(H,22,23)/t15-/m0/s1. The minimum Gasteiger partial charge on any atom is -0.480 e. The molecule has 3 aromatic rings. The number of nitro groups is 1. The van der Waals surface area contributed by atoms with Crippen molar-refractivity contribution in [2.24, 2.45) is 0 Å². The number of benzene rings is 2. The molecular formula is C17H14FN3O6S. The maximum Gasteiger partial charge on any atom is 0.322 e. The number of halogens is 1. The Morgan fingerprint density at radius 3 is 2.68 bits per heavy atom. The van der Waals surface area contributed by atoms with Crippen molar-refractivity contribution in [1.82, 2.24) is 9.71 Å². The molecule has 3 N–H and O–H groups in total. The third-order valence-corrected chi connectivity index (χ3v) is 5.59. The Morgan fingerprint density at radius 1 is 1.29 bits per heavy atom. The lowest BCUT2D eigenvalue weighted by Gasteiger charge is -2.14. The van der Waals surface area contributed by atoms with Crippen molar-refractivity contribution in [1.29, 1.82) is 0 Å². The number of carboxylic acid groups (broad SMARTS) is 1. The van der Waals surface area contributed by atoms with Crippen LogP contribution in [-0.4, -0.2) is 35.4 Å². The number of sulfonamides is 1. The number of fused-ring (bicyclic) bond motifs is 1. The van der Waals surface area contributed by atoms with Gasteiger partial charge in [0.1, 0.15) is 6.04 Å². The van der Waals surface area contributed by atoms with E-state index in [0.717, 1.165) is 17.0 Å². The van der Waals surface area contributed by atoms with Gasteiger partial charge < -0.3 is 10.1 Å². The van der Waals surface area contributed by atoms with Gasteiger partial charge in [0.15, 0.2) is 0 Å². The lowest BCUT2D eigenvalue weighted by molar-refractivity contribution is -0.387. The van der Waals surface area contributed by atoms with Crippen molar-refractivity contribution < 1.29 is 27.6 Å². The summed E-state index contributed by atoms with van der Waals surface area (Å²) in [6, 6.07) is 7.58. The summed E-state index contributed by atoms with van der Waals surface area (Å²) in [7, 11) is -4.45. The van der Waals surface area contributed by atoms with Crippen LogP contribution in [0.4, 0.5) is 10.1 Å². The van der Waals surface area contributed by atoms with Gasteiger partial charge in [-0.3, -0.25) is 14.9 Å². The molecule has 9 nitrogen and oxygen atoms in total. The predicted octanol–water partition coefficient (Wildman–Crippen LogP) is 2.19. The van der Waals surface area contributed by atoms with E-state index < -0.39 is 43.4 Å². The minimum atomic E-state index is -4.45. The lowest BCUT2D eigenvalue weighted by atomic mass is 10.1. The summed E-state index contributed by atoms with van der Waals surface area (Å²) in [6.45, 7) is 0. The number of aliphatic carboxylic acids is 1. The summed E-state index contributed by atoms with van der Waals surface area (Å²) in [5.74, 6) is -2.62. The first kappa shape index (κ1) is 19.5. The Balaban J connectivity index is 1.91. The highest BCUT2D eigenvalue weighted by Gasteiger charge is 2.28. The van der Waals surface area contributed by atoms with Crippen molar-refractivity contribution >= 4 is 32.6 Å². The van der Waals surface area contributed by atoms with Gasteiger partial charge in [-0.15, -0.1) is 0 Å². The summed E-state index contributed by atoms with van der Waals surface area (Å²) in [5, 5.41) is 21.0. The van der Waals surface area contributed by atoms with E-state index in [1.807, 2.05) is 4.72 Å². The second-order valence-corrected chi connectivity index (χ2v) is 7.66. The minimum absolute atomic E-state index is 0.165. The van der Waals surface area contributed by atoms with Crippen LogP contribution < -0.4 is 4.72 Å². The molecular weight excluding hydrogens is 393 g/mol. The van der Waals surface area contributed by atoms with Crippen LogP contribution in [-0.2, 0) is 21.2 Å². The number of nitrogens with one attached hydrogen (secondary N) is 2. The Hall–Kier alpha value is -3.31. The first-order chi connectivity index (χ1) is 13.2. The van der Waals surface area contributed by atoms with Gasteiger partial charge in [-0.2, -0.15) is 9.11 Å². The molecule has 1 aromatic heterocycles. The van der Waals surface area contributed by atoms with E-state index >= 15 is 0 Å². The van der Waals surface area contributed by atoms with Gasteiger partial charge in [-0.05, 0) is 23.8 Å². The maximum absolute atomic E-state index is 13.4. The van der Waals surface area contributed by atoms with Crippen LogP contribution in [0.3, 0.4) is 0 Å². The topological polar surface area (TPSA) is 142 Å². The highest BCUT2D eigenvalue weighted by molar-refractivity contribution is 7.89. The number of para-hydroxylation sites is 1. The molecule has 0 spiro atoms. The van der Waals surface area contributed by atoms with Crippen LogP contribution in [0.2, 0.25) is 0 Å². The van der Waals surface area contributed by atoms with E-state index in [1.165, 1.54) is 0 Å². The van der Waals surface area contributed by atoms with Gasteiger partial charge in [0.2, 0.25) is 15.8 Å². The largest absolute Gasteiger partial charge is 0.480 e. The number of rotatable bonds is 7. The molecule has 0 aliphatic heterocycles. The summed E-state index contributed by atoms with van der Waals surface area (Å²) < 4.78 is 40.5. The molecule has 0 saturated heterocycles. The number of hydrogen-bond donors (Lipinski definition) is 3. The van der Waals surface area contributed by atoms with Crippen molar-refractivity contribution in [3.63, 3.8) is 0 Å². The molecule has 1 heterocycles. The molecule has 0 unspecified atom stereocenters. The second-order valence-electron chi connectivity index (χ2n) is 5.95. The summed E-state index contributed by atoms with van der Waals surface area (Å²) in [5.41, 5.74) is 0.320. The van der Waals surface area contributed by atoms with Gasteiger partial charge in [0.25, 0.3) is 0 Å². The Morgan fingerprint density at radius 2 is 2.00 bits per heavy atom. The molecule has 28 heavy (non-hydrogen) atoms. The smallest absolute Gasteiger partial charge is 0.322 e. The van der Waals surface area contributed by atoms with Crippen LogP contribution in [0, 0.1) is 15.9 Å². The van der Waals surface area contributed by atoms with Crippen LogP contribution in [0.1, 0.15) is 5.56 Å². The summed E-state index contributed by atoms with van der Waals surface area (Å²) in [4.78, 5) is 23.7. The van der Waals surface area contributed by atoms with Crippen molar-refractivity contribution in [2.75, 3.05) is 0 Å². The Labute approximate surface area is 158 Å². The van der Waals surface area contributed by atoms with Crippen molar-refractivity contribution in [3.05, 3.63) is 70.2 Å². The highest BCUT2D eigenvalue weighted by atomic mass is 32.2. The van der Waals surface area contributed by atoms with Crippen molar-refractivity contribution in [3.8, 4) is 0 Å². The van der Waals surface area contributed by atoms with Gasteiger partial charge in [0, 0.05) is 29.6 Å². The quantitative estimate of drug-likeness (QED) is 0.405. The highest BCUT2D eigenvalue weighted by Crippen LogP contribution is 2.23.